The van der Waals surface area contributed by atoms with Crippen LogP contribution in [0.25, 0.3) is 0 Å². The standard InChI is InChI=1S/C16H25BrFNO3Si.C8H7BrFNO2/c1-15(2,3)23(4,5)22-7-6-19-9-12(17)8-13(14(19)20)16(18)10-21-11-16;9-5-1-6(7(12)11-2-5)8(10)3-13-4-8/h8-9H,6-7,10-11H2,1-5H3;1-2H,3-4H2,(H,11,12). The van der Waals surface area contributed by atoms with E-state index < -0.39 is 25.2 Å². The molecule has 0 aliphatic carbocycles. The van der Waals surface area contributed by atoms with Gasteiger partial charge < -0.3 is 23.5 Å². The third-order valence-electron chi connectivity index (χ3n) is 6.81. The summed E-state index contributed by atoms with van der Waals surface area (Å²) < 4.78 is 46.9. The van der Waals surface area contributed by atoms with E-state index in [1.54, 1.807) is 12.3 Å². The van der Waals surface area contributed by atoms with Crippen molar-refractivity contribution in [1.29, 1.82) is 0 Å². The summed E-state index contributed by atoms with van der Waals surface area (Å²) >= 11 is 6.52. The molecule has 0 amide bonds. The van der Waals surface area contributed by atoms with Gasteiger partial charge in [0.15, 0.2) is 19.7 Å². The normalized spacial score (nSPS) is 18.5. The Morgan fingerprint density at radius 2 is 1.56 bits per heavy atom. The van der Waals surface area contributed by atoms with E-state index >= 15 is 0 Å². The van der Waals surface area contributed by atoms with Gasteiger partial charge in [-0.05, 0) is 62.1 Å². The lowest BCUT2D eigenvalue weighted by Gasteiger charge is -2.36. The number of aromatic nitrogens is 2. The molecule has 1 N–H and O–H groups in total. The highest BCUT2D eigenvalue weighted by atomic mass is 79.9. The maximum atomic E-state index is 14.5. The van der Waals surface area contributed by atoms with E-state index in [0.717, 1.165) is 0 Å². The van der Waals surface area contributed by atoms with Crippen LogP contribution in [0, 0.1) is 0 Å². The lowest BCUT2D eigenvalue weighted by Crippen LogP contribution is -2.47. The highest BCUT2D eigenvalue weighted by molar-refractivity contribution is 9.10. The van der Waals surface area contributed by atoms with Gasteiger partial charge in [-0.15, -0.1) is 0 Å². The molecule has 0 atom stereocenters. The molecule has 2 aliphatic heterocycles. The van der Waals surface area contributed by atoms with Gasteiger partial charge >= 0.3 is 0 Å². The largest absolute Gasteiger partial charge is 0.415 e. The van der Waals surface area contributed by atoms with Crippen molar-refractivity contribution in [3.8, 4) is 0 Å². The molecule has 0 radical (unpaired) electrons. The van der Waals surface area contributed by atoms with E-state index in [1.807, 2.05) is 0 Å². The van der Waals surface area contributed by atoms with E-state index in [1.165, 1.54) is 16.8 Å². The number of hydrogen-bond donors (Lipinski definition) is 1. The van der Waals surface area contributed by atoms with E-state index in [2.05, 4.69) is 70.7 Å². The number of ether oxygens (including phenoxy) is 2. The molecule has 36 heavy (non-hydrogen) atoms. The van der Waals surface area contributed by atoms with E-state index in [0.29, 0.717) is 22.1 Å². The summed E-state index contributed by atoms with van der Waals surface area (Å²) in [4.78, 5) is 26.2. The van der Waals surface area contributed by atoms with Gasteiger partial charge in [0.1, 0.15) is 0 Å². The zero-order valence-corrected chi connectivity index (χ0v) is 25.2. The molecule has 0 bridgehead atoms. The quantitative estimate of drug-likeness (QED) is 0.436. The predicted molar refractivity (Wildman–Crippen MR) is 144 cm³/mol. The first-order valence-corrected chi connectivity index (χ1v) is 16.0. The minimum absolute atomic E-state index is 0.0352. The van der Waals surface area contributed by atoms with Crippen LogP contribution >= 0.6 is 31.9 Å². The SMILES string of the molecule is CC(C)(C)[Si](C)(C)OCCn1cc(Br)cc(C2(F)COC2)c1=O.O=c1[nH]cc(Br)cc1C1(F)COC1. The molecule has 0 spiro atoms. The van der Waals surface area contributed by atoms with Crippen molar-refractivity contribution in [3.63, 3.8) is 0 Å². The Morgan fingerprint density at radius 3 is 2.06 bits per heavy atom. The highest BCUT2D eigenvalue weighted by Crippen LogP contribution is 2.37. The Kier molecular flexibility index (Phi) is 8.89. The average molecular weight is 654 g/mol. The molecule has 0 aromatic carbocycles. The molecule has 2 aliphatic rings. The second-order valence-electron chi connectivity index (χ2n) is 10.7. The first-order chi connectivity index (χ1) is 16.6. The topological polar surface area (TPSA) is 82.5 Å². The maximum absolute atomic E-state index is 14.5. The summed E-state index contributed by atoms with van der Waals surface area (Å²) in [5, 5.41) is 0.118. The Labute approximate surface area is 226 Å². The summed E-state index contributed by atoms with van der Waals surface area (Å²) in [6.45, 7) is 11.5. The first kappa shape index (κ1) is 29.4. The molecule has 0 unspecified atom stereocenters. The van der Waals surface area contributed by atoms with Gasteiger partial charge in [-0.2, -0.15) is 0 Å². The summed E-state index contributed by atoms with van der Waals surface area (Å²) in [5.41, 5.74) is -3.68. The van der Waals surface area contributed by atoms with Crippen molar-refractivity contribution in [2.45, 2.75) is 56.8 Å². The van der Waals surface area contributed by atoms with Crippen LogP contribution in [-0.4, -0.2) is 50.9 Å². The third kappa shape index (κ3) is 6.44. The van der Waals surface area contributed by atoms with Gasteiger partial charge in [0, 0.05) is 27.9 Å². The molecule has 0 saturated carbocycles. The van der Waals surface area contributed by atoms with Crippen LogP contribution in [0.15, 0.2) is 43.1 Å². The van der Waals surface area contributed by atoms with E-state index in [-0.39, 0.29) is 48.2 Å². The van der Waals surface area contributed by atoms with Crippen LogP contribution in [0.3, 0.4) is 0 Å². The molecule has 7 nitrogen and oxygen atoms in total. The van der Waals surface area contributed by atoms with Gasteiger partial charge in [0.05, 0.1) is 44.2 Å². The number of aromatic amines is 1. The fraction of sp³-hybridized carbons (Fsp3) is 0.583. The molecular formula is C24H32Br2F2N2O5Si. The van der Waals surface area contributed by atoms with Crippen molar-refractivity contribution < 1.29 is 22.7 Å². The lowest BCUT2D eigenvalue weighted by atomic mass is 9.95. The molecule has 2 saturated heterocycles. The molecule has 2 aromatic rings. The second kappa shape index (κ2) is 10.9. The van der Waals surface area contributed by atoms with Crippen LogP contribution < -0.4 is 11.1 Å². The number of H-pyrrole nitrogens is 1. The average Bonchev–Trinajstić information content (AvgIpc) is 2.74. The van der Waals surface area contributed by atoms with Crippen LogP contribution in [0.4, 0.5) is 8.78 Å². The molecule has 4 heterocycles. The molecule has 2 aromatic heterocycles. The number of halogens is 4. The number of pyridine rings is 2. The smallest absolute Gasteiger partial charge is 0.257 e. The molecule has 4 rings (SSSR count). The van der Waals surface area contributed by atoms with Crippen LogP contribution in [0.1, 0.15) is 31.9 Å². The molecule has 12 heteroatoms. The van der Waals surface area contributed by atoms with Gasteiger partial charge in [-0.3, -0.25) is 9.59 Å². The molecule has 2 fully saturated rings. The summed E-state index contributed by atoms with van der Waals surface area (Å²) in [6.07, 6.45) is 3.17. The maximum Gasteiger partial charge on any atom is 0.257 e. The number of hydrogen-bond acceptors (Lipinski definition) is 5. The van der Waals surface area contributed by atoms with Crippen molar-refractivity contribution in [1.82, 2.24) is 9.55 Å². The zero-order chi connectivity index (χ0) is 26.9. The predicted octanol–water partition coefficient (Wildman–Crippen LogP) is 5.16. The summed E-state index contributed by atoms with van der Waals surface area (Å²) in [6, 6.07) is 3.04. The monoisotopic (exact) mass is 652 g/mol. The summed E-state index contributed by atoms with van der Waals surface area (Å²) in [7, 11) is -1.86. The third-order valence-corrected chi connectivity index (χ3v) is 12.2. The van der Waals surface area contributed by atoms with E-state index in [4.69, 9.17) is 13.9 Å². The number of nitrogens with zero attached hydrogens (tertiary/aromatic N) is 1. The zero-order valence-electron chi connectivity index (χ0n) is 21.1. The summed E-state index contributed by atoms with van der Waals surface area (Å²) in [5.74, 6) is 0. The van der Waals surface area contributed by atoms with Crippen LogP contribution in [0.2, 0.25) is 18.1 Å². The van der Waals surface area contributed by atoms with Crippen molar-refractivity contribution >= 4 is 40.2 Å². The van der Waals surface area contributed by atoms with Crippen LogP contribution in [-0.2, 0) is 31.8 Å². The van der Waals surface area contributed by atoms with Gasteiger partial charge in [-0.1, -0.05) is 20.8 Å². The minimum atomic E-state index is -1.86. The van der Waals surface area contributed by atoms with Gasteiger partial charge in [0.25, 0.3) is 11.1 Å². The fourth-order valence-electron chi connectivity index (χ4n) is 3.37. The molecular weight excluding hydrogens is 622 g/mol. The van der Waals surface area contributed by atoms with Crippen molar-refractivity contribution in [2.24, 2.45) is 0 Å². The Balaban J connectivity index is 0.000000233. The number of rotatable bonds is 6. The second-order valence-corrected chi connectivity index (χ2v) is 17.3. The molecule has 200 valence electrons. The number of nitrogens with one attached hydrogen (secondary N) is 1. The Morgan fingerprint density at radius 1 is 1.03 bits per heavy atom. The van der Waals surface area contributed by atoms with Crippen molar-refractivity contribution in [2.75, 3.05) is 33.0 Å². The minimum Gasteiger partial charge on any atom is -0.415 e. The Bertz CT molecular complexity index is 1200. The van der Waals surface area contributed by atoms with Gasteiger partial charge in [0.2, 0.25) is 0 Å². The van der Waals surface area contributed by atoms with Crippen molar-refractivity contribution in [3.05, 3.63) is 65.3 Å². The lowest BCUT2D eigenvalue weighted by molar-refractivity contribution is -0.136. The van der Waals surface area contributed by atoms with E-state index in [9.17, 15) is 18.4 Å². The number of alkyl halides is 2. The fourth-order valence-corrected chi connectivity index (χ4v) is 5.22. The first-order valence-electron chi connectivity index (χ1n) is 11.5. The van der Waals surface area contributed by atoms with Gasteiger partial charge in [-0.25, -0.2) is 8.78 Å². The highest BCUT2D eigenvalue weighted by Gasteiger charge is 2.44. The van der Waals surface area contributed by atoms with Crippen LogP contribution in [0.5, 0.6) is 0 Å². The Hall–Kier alpha value is -1.18.